The van der Waals surface area contributed by atoms with E-state index in [1.807, 2.05) is 16.7 Å². The van der Waals surface area contributed by atoms with E-state index in [4.69, 9.17) is 5.10 Å². The van der Waals surface area contributed by atoms with Gasteiger partial charge in [0.15, 0.2) is 5.69 Å². The van der Waals surface area contributed by atoms with E-state index in [0.717, 1.165) is 49.7 Å². The first-order chi connectivity index (χ1) is 12.8. The van der Waals surface area contributed by atoms with Crippen LogP contribution in [0.4, 0.5) is 0 Å². The fourth-order valence-electron chi connectivity index (χ4n) is 4.78. The Morgan fingerprint density at radius 2 is 1.92 bits per heavy atom. The Bertz CT molecular complexity index is 632. The molecule has 2 fully saturated rings. The van der Waals surface area contributed by atoms with Gasteiger partial charge in [-0.1, -0.05) is 19.3 Å². The molecule has 2 aliphatic carbocycles. The molecule has 3 aliphatic rings. The van der Waals surface area contributed by atoms with Crippen LogP contribution in [-0.4, -0.2) is 57.3 Å². The third-order valence-corrected chi connectivity index (χ3v) is 7.17. The lowest BCUT2D eigenvalue weighted by atomic mass is 9.88. The second kappa shape index (κ2) is 8.34. The van der Waals surface area contributed by atoms with Gasteiger partial charge in [-0.05, 0) is 39.0 Å². The first-order valence-electron chi connectivity index (χ1n) is 10.5. The molecule has 5 nitrogen and oxygen atoms in total. The van der Waals surface area contributed by atoms with Crippen molar-refractivity contribution in [3.05, 3.63) is 17.0 Å². The number of amides is 1. The van der Waals surface area contributed by atoms with Crippen LogP contribution in [0.25, 0.3) is 0 Å². The zero-order chi connectivity index (χ0) is 17.9. The minimum atomic E-state index is 0.159. The predicted octanol–water partition coefficient (Wildman–Crippen LogP) is 2.87. The van der Waals surface area contributed by atoms with Crippen molar-refractivity contribution in [1.29, 1.82) is 0 Å². The maximum atomic E-state index is 13.1. The van der Waals surface area contributed by atoms with Crippen LogP contribution >= 0.6 is 11.8 Å². The number of carbonyl (C=O) groups excluding carboxylic acids is 1. The largest absolute Gasteiger partial charge is 0.336 e. The van der Waals surface area contributed by atoms with Crippen LogP contribution in [0.1, 0.15) is 67.2 Å². The van der Waals surface area contributed by atoms with Gasteiger partial charge in [-0.15, -0.1) is 0 Å². The number of carbonyl (C=O) groups is 1. The molecular weight excluding hydrogens is 344 g/mol. The van der Waals surface area contributed by atoms with E-state index >= 15 is 0 Å². The Hall–Kier alpha value is -1.01. The summed E-state index contributed by atoms with van der Waals surface area (Å²) in [6.07, 6.45) is 9.93. The normalized spacial score (nSPS) is 24.5. The summed E-state index contributed by atoms with van der Waals surface area (Å²) in [7, 11) is 0. The highest BCUT2D eigenvalue weighted by atomic mass is 32.2. The zero-order valence-corrected chi connectivity index (χ0v) is 16.8. The maximum absolute atomic E-state index is 13.1. The molecule has 1 amide bonds. The molecule has 1 aromatic heterocycles. The second-order valence-electron chi connectivity index (χ2n) is 7.94. The summed E-state index contributed by atoms with van der Waals surface area (Å²) in [5, 5.41) is 8.66. The van der Waals surface area contributed by atoms with Crippen molar-refractivity contribution in [2.75, 3.05) is 24.6 Å². The van der Waals surface area contributed by atoms with Crippen molar-refractivity contribution in [2.24, 2.45) is 0 Å². The highest BCUT2D eigenvalue weighted by Crippen LogP contribution is 2.28. The van der Waals surface area contributed by atoms with Crippen molar-refractivity contribution < 1.29 is 4.79 Å². The van der Waals surface area contributed by atoms with E-state index in [0.29, 0.717) is 12.1 Å². The highest BCUT2D eigenvalue weighted by Gasteiger charge is 2.32. The van der Waals surface area contributed by atoms with E-state index in [1.54, 1.807) is 0 Å². The van der Waals surface area contributed by atoms with Crippen LogP contribution < -0.4 is 5.32 Å². The Labute approximate surface area is 161 Å². The van der Waals surface area contributed by atoms with E-state index in [1.165, 1.54) is 49.8 Å². The average Bonchev–Trinajstić information content (AvgIpc) is 3.07. The van der Waals surface area contributed by atoms with Crippen LogP contribution in [0.3, 0.4) is 0 Å². The van der Waals surface area contributed by atoms with Crippen molar-refractivity contribution >= 4 is 17.7 Å². The van der Waals surface area contributed by atoms with Gasteiger partial charge in [-0.2, -0.15) is 16.9 Å². The highest BCUT2D eigenvalue weighted by molar-refractivity contribution is 7.99. The fourth-order valence-corrected chi connectivity index (χ4v) is 5.69. The molecule has 26 heavy (non-hydrogen) atoms. The van der Waals surface area contributed by atoms with Crippen LogP contribution in [0.5, 0.6) is 0 Å². The van der Waals surface area contributed by atoms with Gasteiger partial charge in [0.1, 0.15) is 0 Å². The Balaban J connectivity index is 1.51. The van der Waals surface area contributed by atoms with Crippen LogP contribution in [0, 0.1) is 0 Å². The topological polar surface area (TPSA) is 50.2 Å². The third kappa shape index (κ3) is 3.81. The minimum Gasteiger partial charge on any atom is -0.336 e. The number of nitrogens with zero attached hydrogens (tertiary/aromatic N) is 3. The number of nitrogens with one attached hydrogen (secondary N) is 1. The monoisotopic (exact) mass is 376 g/mol. The Kier molecular flexibility index (Phi) is 5.89. The van der Waals surface area contributed by atoms with Crippen LogP contribution in [0.15, 0.2) is 0 Å². The first-order valence-corrected chi connectivity index (χ1v) is 11.6. The molecule has 1 atom stereocenters. The van der Waals surface area contributed by atoms with E-state index in [-0.39, 0.29) is 5.91 Å². The molecule has 1 aliphatic heterocycles. The third-order valence-electron chi connectivity index (χ3n) is 6.22. The van der Waals surface area contributed by atoms with E-state index in [2.05, 4.69) is 16.9 Å². The lowest BCUT2D eigenvalue weighted by Crippen LogP contribution is -2.43. The number of hydrogen-bond donors (Lipinski definition) is 1. The Morgan fingerprint density at radius 1 is 1.15 bits per heavy atom. The summed E-state index contributed by atoms with van der Waals surface area (Å²) in [4.78, 5) is 15.1. The summed E-state index contributed by atoms with van der Waals surface area (Å²) < 4.78 is 2.08. The number of rotatable bonds is 4. The minimum absolute atomic E-state index is 0.159. The molecule has 1 aromatic rings. The summed E-state index contributed by atoms with van der Waals surface area (Å²) >= 11 is 1.94. The maximum Gasteiger partial charge on any atom is 0.274 e. The summed E-state index contributed by atoms with van der Waals surface area (Å²) in [5.41, 5.74) is 3.28. The molecule has 6 heteroatoms. The molecule has 0 bridgehead atoms. The van der Waals surface area contributed by atoms with Gasteiger partial charge in [-0.25, -0.2) is 0 Å². The van der Waals surface area contributed by atoms with Gasteiger partial charge >= 0.3 is 0 Å². The zero-order valence-electron chi connectivity index (χ0n) is 16.0. The molecule has 0 aromatic carbocycles. The predicted molar refractivity (Wildman–Crippen MR) is 107 cm³/mol. The standard InChI is InChI=1S/C20H32N4OS/c1-2-24-18-9-8-16(21-15-6-4-3-5-7-15)14-17(18)19(22-24)20(25)23-10-12-26-13-11-23/h15-16,21H,2-14H2,1H3/t16-/m0/s1. The van der Waals surface area contributed by atoms with Gasteiger partial charge in [0, 0.05) is 54.5 Å². The lowest BCUT2D eigenvalue weighted by Gasteiger charge is -2.31. The number of hydrogen-bond acceptors (Lipinski definition) is 4. The SMILES string of the molecule is CCn1nc(C(=O)N2CCSCC2)c2c1CC[C@H](NC1CCCCC1)C2. The molecule has 144 valence electrons. The van der Waals surface area contributed by atoms with E-state index < -0.39 is 0 Å². The van der Waals surface area contributed by atoms with Crippen LogP contribution in [0.2, 0.25) is 0 Å². The Morgan fingerprint density at radius 3 is 2.65 bits per heavy atom. The molecule has 2 heterocycles. The second-order valence-corrected chi connectivity index (χ2v) is 9.16. The molecule has 1 saturated carbocycles. The smallest absolute Gasteiger partial charge is 0.274 e. The van der Waals surface area contributed by atoms with Gasteiger partial charge < -0.3 is 10.2 Å². The van der Waals surface area contributed by atoms with Crippen molar-refractivity contribution in [2.45, 2.75) is 76.9 Å². The molecule has 0 unspecified atom stereocenters. The first kappa shape index (κ1) is 18.4. The summed E-state index contributed by atoms with van der Waals surface area (Å²) in [5.74, 6) is 2.26. The van der Waals surface area contributed by atoms with Crippen LogP contribution in [-0.2, 0) is 19.4 Å². The van der Waals surface area contributed by atoms with Gasteiger partial charge in [0.25, 0.3) is 5.91 Å². The molecule has 4 rings (SSSR count). The average molecular weight is 377 g/mol. The van der Waals surface area contributed by atoms with Crippen molar-refractivity contribution in [1.82, 2.24) is 20.0 Å². The number of fused-ring (bicyclic) bond motifs is 1. The fraction of sp³-hybridized carbons (Fsp3) is 0.800. The molecule has 1 N–H and O–H groups in total. The number of thioether (sulfide) groups is 1. The van der Waals surface area contributed by atoms with E-state index in [9.17, 15) is 4.79 Å². The number of aromatic nitrogens is 2. The lowest BCUT2D eigenvalue weighted by molar-refractivity contribution is 0.0764. The quantitative estimate of drug-likeness (QED) is 0.878. The molecule has 1 saturated heterocycles. The van der Waals surface area contributed by atoms with Crippen molar-refractivity contribution in [3.63, 3.8) is 0 Å². The molecule has 0 radical (unpaired) electrons. The van der Waals surface area contributed by atoms with Crippen molar-refractivity contribution in [3.8, 4) is 0 Å². The summed E-state index contributed by atoms with van der Waals surface area (Å²) in [6.45, 7) is 4.71. The molecule has 0 spiro atoms. The van der Waals surface area contributed by atoms with Gasteiger partial charge in [0.2, 0.25) is 0 Å². The van der Waals surface area contributed by atoms with Gasteiger partial charge in [-0.3, -0.25) is 9.48 Å². The van der Waals surface area contributed by atoms with Gasteiger partial charge in [0.05, 0.1) is 0 Å². The number of aryl methyl sites for hydroxylation is 1. The molecular formula is C20H32N4OS. The summed E-state index contributed by atoms with van der Waals surface area (Å²) in [6, 6.07) is 1.18.